The summed E-state index contributed by atoms with van der Waals surface area (Å²) in [4.78, 5) is 34.7. The minimum Gasteiger partial charge on any atom is -0.444 e. The predicted octanol–water partition coefficient (Wildman–Crippen LogP) is 3.54. The lowest BCUT2D eigenvalue weighted by Crippen LogP contribution is -2.47. The second-order valence-corrected chi connectivity index (χ2v) is 10.8. The summed E-state index contributed by atoms with van der Waals surface area (Å²) in [6.45, 7) is 9.07. The third kappa shape index (κ3) is 7.43. The Morgan fingerprint density at radius 3 is 2.44 bits per heavy atom. The molecule has 13 heteroatoms. The predicted molar refractivity (Wildman–Crippen MR) is 142 cm³/mol. The quantitative estimate of drug-likeness (QED) is 0.371. The van der Waals surface area contributed by atoms with Gasteiger partial charge in [-0.05, 0) is 52.5 Å². The standard InChI is InChI=1S/C26H35F2N7O4/c1-14(31-25(37)39-26(2,3)4)20(15-5-6-15)33-23-18(27)12-17(21(29)36)22(34-23)32-16-11-19(28)24(30-13-16)35-7-9-38-10-8-35/h11-15,20H,5-10H2,1-4H3,(H2,29,36)(H,31,37)(H2,32,33,34)/t14-,20-/m0/s1. The molecule has 1 saturated heterocycles. The first kappa shape index (κ1) is 28.3. The highest BCUT2D eigenvalue weighted by molar-refractivity contribution is 5.98. The van der Waals surface area contributed by atoms with Crippen LogP contribution in [0.3, 0.4) is 0 Å². The normalized spacial score (nSPS) is 17.2. The van der Waals surface area contributed by atoms with Gasteiger partial charge in [-0.3, -0.25) is 4.79 Å². The third-order valence-electron chi connectivity index (χ3n) is 6.35. The average molecular weight is 548 g/mol. The molecule has 2 aliphatic rings. The molecule has 1 saturated carbocycles. The van der Waals surface area contributed by atoms with Crippen molar-refractivity contribution < 1.29 is 27.8 Å². The molecule has 2 atom stereocenters. The van der Waals surface area contributed by atoms with Gasteiger partial charge in [0.1, 0.15) is 11.4 Å². The number of anilines is 4. The maximum Gasteiger partial charge on any atom is 0.407 e. The number of pyridine rings is 2. The number of halogens is 2. The van der Waals surface area contributed by atoms with Crippen molar-refractivity contribution in [1.29, 1.82) is 0 Å². The number of hydrogen-bond donors (Lipinski definition) is 4. The van der Waals surface area contributed by atoms with E-state index in [1.54, 1.807) is 32.6 Å². The van der Waals surface area contributed by atoms with Gasteiger partial charge in [0, 0.05) is 25.2 Å². The monoisotopic (exact) mass is 547 g/mol. The van der Waals surface area contributed by atoms with Gasteiger partial charge in [-0.1, -0.05) is 0 Å². The van der Waals surface area contributed by atoms with Gasteiger partial charge < -0.3 is 36.1 Å². The number of nitrogens with zero attached hydrogens (tertiary/aromatic N) is 3. The molecule has 1 aliphatic heterocycles. The van der Waals surface area contributed by atoms with Gasteiger partial charge in [0.2, 0.25) is 0 Å². The van der Waals surface area contributed by atoms with Gasteiger partial charge in [0.15, 0.2) is 23.3 Å². The number of morpholine rings is 1. The minimum absolute atomic E-state index is 0.0611. The molecule has 39 heavy (non-hydrogen) atoms. The molecule has 2 amide bonds. The highest BCUT2D eigenvalue weighted by Gasteiger charge is 2.37. The van der Waals surface area contributed by atoms with Crippen LogP contribution in [0.25, 0.3) is 0 Å². The van der Waals surface area contributed by atoms with Crippen LogP contribution in [0, 0.1) is 17.6 Å². The zero-order valence-corrected chi connectivity index (χ0v) is 22.5. The first-order valence-electron chi connectivity index (χ1n) is 12.9. The SMILES string of the molecule is C[C@H](NC(=O)OC(C)(C)C)[C@H](Nc1nc(Nc2cnc(N3CCOCC3)c(F)c2)c(C(N)=O)cc1F)C1CC1. The van der Waals surface area contributed by atoms with Crippen molar-refractivity contribution in [2.75, 3.05) is 41.8 Å². The molecule has 3 heterocycles. The van der Waals surface area contributed by atoms with Crippen molar-refractivity contribution >= 4 is 35.1 Å². The summed E-state index contributed by atoms with van der Waals surface area (Å²) in [5.74, 6) is -2.12. The number of alkyl carbamates (subject to hydrolysis) is 1. The molecule has 2 fully saturated rings. The summed E-state index contributed by atoms with van der Waals surface area (Å²) in [5, 5.41) is 8.71. The van der Waals surface area contributed by atoms with E-state index in [0.717, 1.165) is 18.9 Å². The topological polar surface area (TPSA) is 144 Å². The molecule has 212 valence electrons. The second-order valence-electron chi connectivity index (χ2n) is 10.8. The molecule has 0 aromatic carbocycles. The number of carbonyl (C=O) groups excluding carboxylic acids is 2. The van der Waals surface area contributed by atoms with Gasteiger partial charge in [0.05, 0.1) is 36.7 Å². The Morgan fingerprint density at radius 1 is 1.15 bits per heavy atom. The Bertz CT molecular complexity index is 1210. The summed E-state index contributed by atoms with van der Waals surface area (Å²) in [6, 6.07) is 1.41. The summed E-state index contributed by atoms with van der Waals surface area (Å²) >= 11 is 0. The molecule has 2 aromatic heterocycles. The number of nitrogens with one attached hydrogen (secondary N) is 3. The second kappa shape index (κ2) is 11.6. The zero-order valence-electron chi connectivity index (χ0n) is 22.5. The van der Waals surface area contributed by atoms with Crippen LogP contribution in [-0.4, -0.2) is 66.0 Å². The molecule has 4 rings (SSSR count). The van der Waals surface area contributed by atoms with E-state index < -0.39 is 35.3 Å². The highest BCUT2D eigenvalue weighted by atomic mass is 19.1. The van der Waals surface area contributed by atoms with Crippen molar-refractivity contribution in [1.82, 2.24) is 15.3 Å². The summed E-state index contributed by atoms with van der Waals surface area (Å²) < 4.78 is 40.6. The fourth-order valence-electron chi connectivity index (χ4n) is 4.36. The van der Waals surface area contributed by atoms with Crippen molar-refractivity contribution in [3.63, 3.8) is 0 Å². The van der Waals surface area contributed by atoms with E-state index in [1.165, 1.54) is 12.3 Å². The van der Waals surface area contributed by atoms with Crippen LogP contribution in [0.4, 0.5) is 36.7 Å². The van der Waals surface area contributed by atoms with Gasteiger partial charge in [-0.15, -0.1) is 0 Å². The first-order chi connectivity index (χ1) is 18.4. The minimum atomic E-state index is -0.910. The Labute approximate surface area is 225 Å². The Kier molecular flexibility index (Phi) is 8.38. The highest BCUT2D eigenvalue weighted by Crippen LogP contribution is 2.36. The lowest BCUT2D eigenvalue weighted by Gasteiger charge is -2.28. The van der Waals surface area contributed by atoms with E-state index >= 15 is 4.39 Å². The number of ether oxygens (including phenoxy) is 2. The van der Waals surface area contributed by atoms with Crippen molar-refractivity contribution in [3.05, 3.63) is 35.5 Å². The number of aromatic nitrogens is 2. The first-order valence-corrected chi connectivity index (χ1v) is 12.9. The maximum atomic E-state index is 15.1. The van der Waals surface area contributed by atoms with Gasteiger partial charge in [0.25, 0.3) is 5.91 Å². The van der Waals surface area contributed by atoms with E-state index in [1.807, 2.05) is 0 Å². The number of primary amides is 1. The van der Waals surface area contributed by atoms with E-state index in [4.69, 9.17) is 15.2 Å². The maximum absolute atomic E-state index is 15.1. The number of rotatable bonds is 9. The molecule has 0 spiro atoms. The fourth-order valence-corrected chi connectivity index (χ4v) is 4.36. The van der Waals surface area contributed by atoms with Crippen LogP contribution in [0.1, 0.15) is 50.9 Å². The summed E-state index contributed by atoms with van der Waals surface area (Å²) in [7, 11) is 0. The molecular formula is C26H35F2N7O4. The lowest BCUT2D eigenvalue weighted by molar-refractivity contribution is 0.0501. The summed E-state index contributed by atoms with van der Waals surface area (Å²) in [6.07, 6.45) is 2.60. The number of nitrogens with two attached hydrogens (primary N) is 1. The molecule has 11 nitrogen and oxygen atoms in total. The molecule has 0 radical (unpaired) electrons. The van der Waals surface area contributed by atoms with Crippen LogP contribution in [-0.2, 0) is 9.47 Å². The number of carbonyl (C=O) groups is 2. The van der Waals surface area contributed by atoms with Crippen LogP contribution in [0.5, 0.6) is 0 Å². The smallest absolute Gasteiger partial charge is 0.407 e. The van der Waals surface area contributed by atoms with E-state index in [2.05, 4.69) is 25.9 Å². The summed E-state index contributed by atoms with van der Waals surface area (Å²) in [5.41, 5.74) is 4.80. The van der Waals surface area contributed by atoms with E-state index in [0.29, 0.717) is 26.3 Å². The molecule has 5 N–H and O–H groups in total. The van der Waals surface area contributed by atoms with Crippen molar-refractivity contribution in [3.8, 4) is 0 Å². The van der Waals surface area contributed by atoms with E-state index in [9.17, 15) is 14.0 Å². The average Bonchev–Trinajstić information content (AvgIpc) is 3.68. The third-order valence-corrected chi connectivity index (χ3v) is 6.35. The van der Waals surface area contributed by atoms with Gasteiger partial charge in [-0.25, -0.2) is 23.5 Å². The Morgan fingerprint density at radius 2 is 1.85 bits per heavy atom. The van der Waals surface area contributed by atoms with Crippen LogP contribution in [0.15, 0.2) is 18.3 Å². The van der Waals surface area contributed by atoms with E-state index in [-0.39, 0.29) is 40.7 Å². The molecule has 0 unspecified atom stereocenters. The number of amides is 2. The Balaban J connectivity index is 1.55. The van der Waals surface area contributed by atoms with Crippen molar-refractivity contribution in [2.45, 2.75) is 58.2 Å². The lowest BCUT2D eigenvalue weighted by atomic mass is 10.0. The largest absolute Gasteiger partial charge is 0.444 e. The van der Waals surface area contributed by atoms with Gasteiger partial charge in [-0.2, -0.15) is 0 Å². The molecule has 1 aliphatic carbocycles. The number of hydrogen-bond acceptors (Lipinski definition) is 9. The molecule has 2 aromatic rings. The van der Waals surface area contributed by atoms with Crippen LogP contribution in [0.2, 0.25) is 0 Å². The fraction of sp³-hybridized carbons (Fsp3) is 0.538. The van der Waals surface area contributed by atoms with Gasteiger partial charge >= 0.3 is 6.09 Å². The molecule has 0 bridgehead atoms. The molecular weight excluding hydrogens is 512 g/mol. The Hall–Kier alpha value is -3.74. The zero-order chi connectivity index (χ0) is 28.3. The van der Waals surface area contributed by atoms with Crippen LogP contribution < -0.4 is 26.6 Å². The van der Waals surface area contributed by atoms with Crippen LogP contribution >= 0.6 is 0 Å². The van der Waals surface area contributed by atoms with Crippen molar-refractivity contribution in [2.24, 2.45) is 11.7 Å².